The zero-order valence-electron chi connectivity index (χ0n) is 14.8. The molecule has 0 saturated carbocycles. The van der Waals surface area contributed by atoms with Crippen LogP contribution >= 0.6 is 27.7 Å². The summed E-state index contributed by atoms with van der Waals surface area (Å²) in [6, 6.07) is 11.4. The Balaban J connectivity index is 1.77. The number of ketones is 1. The molecule has 2 aromatic rings. The molecule has 0 unspecified atom stereocenters. The van der Waals surface area contributed by atoms with Gasteiger partial charge in [0, 0.05) is 10.0 Å². The SMILES string of the molecule is CCOc1cc(/C=C2/SC(=O)N(CC(=O)c3ccc(Br)cc3)C2=O)ccc1O. The molecular formula is C20H16BrNO5S. The number of thioether (sulfide) groups is 1. The first-order chi connectivity index (χ1) is 13.4. The van der Waals surface area contributed by atoms with Gasteiger partial charge >= 0.3 is 0 Å². The molecule has 0 aromatic heterocycles. The molecule has 1 saturated heterocycles. The Kier molecular flexibility index (Phi) is 6.21. The van der Waals surface area contributed by atoms with E-state index in [1.807, 2.05) is 0 Å². The molecule has 0 bridgehead atoms. The molecular weight excluding hydrogens is 446 g/mol. The zero-order chi connectivity index (χ0) is 20.3. The van der Waals surface area contributed by atoms with Gasteiger partial charge in [0.1, 0.15) is 0 Å². The second-order valence-corrected chi connectivity index (χ2v) is 7.77. The van der Waals surface area contributed by atoms with Crippen molar-refractivity contribution in [1.29, 1.82) is 0 Å². The second-order valence-electron chi connectivity index (χ2n) is 5.86. The highest BCUT2D eigenvalue weighted by atomic mass is 79.9. The number of imide groups is 1. The third-order valence-electron chi connectivity index (χ3n) is 3.92. The predicted octanol–water partition coefficient (Wildman–Crippen LogP) is 4.47. The summed E-state index contributed by atoms with van der Waals surface area (Å²) in [5.41, 5.74) is 1.03. The number of hydrogen-bond acceptors (Lipinski definition) is 6. The van der Waals surface area contributed by atoms with E-state index in [-0.39, 0.29) is 23.0 Å². The van der Waals surface area contributed by atoms with E-state index in [4.69, 9.17) is 4.74 Å². The Bertz CT molecular complexity index is 971. The molecule has 0 aliphatic carbocycles. The van der Waals surface area contributed by atoms with Gasteiger partial charge in [0.25, 0.3) is 11.1 Å². The van der Waals surface area contributed by atoms with Gasteiger partial charge in [0.05, 0.1) is 18.1 Å². The molecule has 1 fully saturated rings. The van der Waals surface area contributed by atoms with Crippen molar-refractivity contribution in [2.24, 2.45) is 0 Å². The summed E-state index contributed by atoms with van der Waals surface area (Å²) in [7, 11) is 0. The van der Waals surface area contributed by atoms with E-state index in [2.05, 4.69) is 15.9 Å². The van der Waals surface area contributed by atoms with Crippen molar-refractivity contribution >= 4 is 50.7 Å². The van der Waals surface area contributed by atoms with Crippen molar-refractivity contribution in [1.82, 2.24) is 4.90 Å². The molecule has 1 N–H and O–H groups in total. The molecule has 0 radical (unpaired) electrons. The summed E-state index contributed by atoms with van der Waals surface area (Å²) in [4.78, 5) is 38.4. The summed E-state index contributed by atoms with van der Waals surface area (Å²) in [6.45, 7) is 1.86. The predicted molar refractivity (Wildman–Crippen MR) is 110 cm³/mol. The number of amides is 2. The van der Waals surface area contributed by atoms with Gasteiger partial charge in [-0.3, -0.25) is 19.3 Å². The number of Topliss-reactive ketones (excluding diaryl/α,β-unsaturated/α-hetero) is 1. The molecule has 2 amide bonds. The number of carbonyl (C=O) groups is 3. The van der Waals surface area contributed by atoms with Crippen molar-refractivity contribution < 1.29 is 24.2 Å². The topological polar surface area (TPSA) is 83.9 Å². The lowest BCUT2D eigenvalue weighted by Gasteiger charge is -2.11. The van der Waals surface area contributed by atoms with Gasteiger partial charge in [-0.25, -0.2) is 0 Å². The highest BCUT2D eigenvalue weighted by Crippen LogP contribution is 2.34. The number of rotatable bonds is 6. The number of benzene rings is 2. The van der Waals surface area contributed by atoms with Gasteiger partial charge in [-0.05, 0) is 54.6 Å². The highest BCUT2D eigenvalue weighted by Gasteiger charge is 2.36. The van der Waals surface area contributed by atoms with E-state index < -0.39 is 11.1 Å². The van der Waals surface area contributed by atoms with Crippen LogP contribution in [0.5, 0.6) is 11.5 Å². The van der Waals surface area contributed by atoms with Gasteiger partial charge in [-0.2, -0.15) is 0 Å². The summed E-state index contributed by atoms with van der Waals surface area (Å²) in [5, 5.41) is 9.27. The van der Waals surface area contributed by atoms with Gasteiger partial charge in [0.15, 0.2) is 17.3 Å². The second kappa shape index (κ2) is 8.62. The quantitative estimate of drug-likeness (QED) is 0.504. The van der Waals surface area contributed by atoms with Crippen LogP contribution in [0.3, 0.4) is 0 Å². The molecule has 28 heavy (non-hydrogen) atoms. The first-order valence-corrected chi connectivity index (χ1v) is 10.00. The Morgan fingerprint density at radius 2 is 1.93 bits per heavy atom. The minimum Gasteiger partial charge on any atom is -0.504 e. The first kappa shape index (κ1) is 20.2. The lowest BCUT2D eigenvalue weighted by Crippen LogP contribution is -2.33. The maximum atomic E-state index is 12.6. The number of nitrogens with zero attached hydrogens (tertiary/aromatic N) is 1. The number of ether oxygens (including phenoxy) is 1. The summed E-state index contributed by atoms with van der Waals surface area (Å²) < 4.78 is 6.16. The van der Waals surface area contributed by atoms with Crippen LogP contribution in [0.2, 0.25) is 0 Å². The maximum absolute atomic E-state index is 12.6. The normalized spacial score (nSPS) is 15.4. The third-order valence-corrected chi connectivity index (χ3v) is 5.36. The lowest BCUT2D eigenvalue weighted by atomic mass is 10.1. The van der Waals surface area contributed by atoms with Crippen LogP contribution in [0.4, 0.5) is 4.79 Å². The molecule has 2 aromatic carbocycles. The van der Waals surface area contributed by atoms with Crippen molar-refractivity contribution in [3.05, 3.63) is 63.0 Å². The average Bonchev–Trinajstić information content (AvgIpc) is 2.92. The van der Waals surface area contributed by atoms with E-state index in [9.17, 15) is 19.5 Å². The molecule has 3 rings (SSSR count). The molecule has 8 heteroatoms. The Labute approximate surface area is 174 Å². The molecule has 0 spiro atoms. The monoisotopic (exact) mass is 461 g/mol. The van der Waals surface area contributed by atoms with Crippen LogP contribution in [0, 0.1) is 0 Å². The number of carbonyl (C=O) groups excluding carboxylic acids is 3. The number of phenolic OH excluding ortho intramolecular Hbond substituents is 1. The summed E-state index contributed by atoms with van der Waals surface area (Å²) in [5.74, 6) is -0.557. The van der Waals surface area contributed by atoms with Gasteiger partial charge in [-0.1, -0.05) is 34.1 Å². The summed E-state index contributed by atoms with van der Waals surface area (Å²) >= 11 is 4.07. The standard InChI is InChI=1S/C20H16BrNO5S/c1-2-27-17-9-12(3-8-15(17)23)10-18-19(25)22(20(26)28-18)11-16(24)13-4-6-14(21)7-5-13/h3-10,23H,2,11H2,1H3/b18-10+. The smallest absolute Gasteiger partial charge is 0.293 e. The largest absolute Gasteiger partial charge is 0.504 e. The van der Waals surface area contributed by atoms with E-state index in [1.54, 1.807) is 43.3 Å². The fraction of sp³-hybridized carbons (Fsp3) is 0.150. The van der Waals surface area contributed by atoms with Crippen LogP contribution in [-0.2, 0) is 4.79 Å². The van der Waals surface area contributed by atoms with Gasteiger partial charge in [0.2, 0.25) is 0 Å². The van der Waals surface area contributed by atoms with E-state index in [0.717, 1.165) is 21.1 Å². The number of hydrogen-bond donors (Lipinski definition) is 1. The average molecular weight is 462 g/mol. The minimum atomic E-state index is -0.522. The van der Waals surface area contributed by atoms with Gasteiger partial charge < -0.3 is 9.84 Å². The van der Waals surface area contributed by atoms with Crippen LogP contribution in [0.15, 0.2) is 51.8 Å². The zero-order valence-corrected chi connectivity index (χ0v) is 17.2. The molecule has 144 valence electrons. The Hall–Kier alpha value is -2.58. The third kappa shape index (κ3) is 4.45. The van der Waals surface area contributed by atoms with Crippen LogP contribution in [-0.4, -0.2) is 40.1 Å². The van der Waals surface area contributed by atoms with E-state index >= 15 is 0 Å². The van der Waals surface area contributed by atoms with Crippen molar-refractivity contribution in [2.75, 3.05) is 13.2 Å². The van der Waals surface area contributed by atoms with Crippen LogP contribution in [0.1, 0.15) is 22.8 Å². The minimum absolute atomic E-state index is 0.00722. The summed E-state index contributed by atoms with van der Waals surface area (Å²) in [6.07, 6.45) is 1.54. The van der Waals surface area contributed by atoms with Crippen molar-refractivity contribution in [3.63, 3.8) is 0 Å². The number of phenols is 1. The highest BCUT2D eigenvalue weighted by molar-refractivity contribution is 9.10. The molecule has 0 atom stereocenters. The molecule has 6 nitrogen and oxygen atoms in total. The maximum Gasteiger partial charge on any atom is 0.293 e. The van der Waals surface area contributed by atoms with E-state index in [1.165, 1.54) is 12.1 Å². The number of aromatic hydroxyl groups is 1. The molecule has 1 heterocycles. The Morgan fingerprint density at radius 3 is 2.61 bits per heavy atom. The fourth-order valence-electron chi connectivity index (χ4n) is 2.55. The van der Waals surface area contributed by atoms with Crippen LogP contribution < -0.4 is 4.74 Å². The van der Waals surface area contributed by atoms with Crippen molar-refractivity contribution in [2.45, 2.75) is 6.92 Å². The lowest BCUT2D eigenvalue weighted by molar-refractivity contribution is -0.122. The van der Waals surface area contributed by atoms with E-state index in [0.29, 0.717) is 23.5 Å². The molecule has 1 aliphatic rings. The first-order valence-electron chi connectivity index (χ1n) is 8.39. The van der Waals surface area contributed by atoms with Crippen LogP contribution in [0.25, 0.3) is 6.08 Å². The number of halogens is 1. The fourth-order valence-corrected chi connectivity index (χ4v) is 3.65. The Morgan fingerprint density at radius 1 is 1.21 bits per heavy atom. The van der Waals surface area contributed by atoms with Crippen molar-refractivity contribution in [3.8, 4) is 11.5 Å². The molecule has 1 aliphatic heterocycles. The van der Waals surface area contributed by atoms with Gasteiger partial charge in [-0.15, -0.1) is 0 Å².